The van der Waals surface area contributed by atoms with E-state index in [1.165, 1.54) is 0 Å². The molecule has 1 amide bonds. The largest absolute Gasteiger partial charge is 0.347 e. The normalized spacial score (nSPS) is 18.7. The number of carbonyl (C=O) groups is 1. The lowest BCUT2D eigenvalue weighted by atomic mass is 10.0. The molecule has 1 saturated heterocycles. The second-order valence-corrected chi connectivity index (χ2v) is 5.11. The van der Waals surface area contributed by atoms with Gasteiger partial charge in [0.25, 0.3) is 12.3 Å². The van der Waals surface area contributed by atoms with Gasteiger partial charge in [-0.05, 0) is 25.3 Å². The van der Waals surface area contributed by atoms with Crippen LogP contribution in [0, 0.1) is 0 Å². The smallest absolute Gasteiger partial charge is 0.280 e. The molecule has 22 heavy (non-hydrogen) atoms. The molecule has 0 saturated carbocycles. The highest BCUT2D eigenvalue weighted by Crippen LogP contribution is 2.30. The van der Waals surface area contributed by atoms with Gasteiger partial charge in [0.05, 0.1) is 6.04 Å². The lowest BCUT2D eigenvalue weighted by Crippen LogP contribution is -2.39. The van der Waals surface area contributed by atoms with Crippen molar-refractivity contribution in [2.24, 2.45) is 0 Å². The van der Waals surface area contributed by atoms with E-state index in [2.05, 4.69) is 19.9 Å². The average molecular weight is 307 g/mol. The van der Waals surface area contributed by atoms with Gasteiger partial charge in [-0.15, -0.1) is 0 Å². The van der Waals surface area contributed by atoms with E-state index in [1.807, 2.05) is 0 Å². The van der Waals surface area contributed by atoms with Crippen LogP contribution in [0.2, 0.25) is 0 Å². The van der Waals surface area contributed by atoms with Crippen LogP contribution < -0.4 is 0 Å². The SMILES string of the molecule is O=C(c1cc(C(F)F)ncn1)N1CCCCC1c1ncc[nH]1. The number of piperidine rings is 1. The maximum atomic E-state index is 12.7. The second-order valence-electron chi connectivity index (χ2n) is 5.11. The highest BCUT2D eigenvalue weighted by Gasteiger charge is 2.31. The molecular formula is C14H15F2N5O. The lowest BCUT2D eigenvalue weighted by Gasteiger charge is -2.34. The van der Waals surface area contributed by atoms with Gasteiger partial charge in [-0.3, -0.25) is 4.79 Å². The zero-order valence-electron chi connectivity index (χ0n) is 11.7. The van der Waals surface area contributed by atoms with E-state index in [0.717, 1.165) is 31.7 Å². The Kier molecular flexibility index (Phi) is 4.08. The summed E-state index contributed by atoms with van der Waals surface area (Å²) in [5.41, 5.74) is -0.450. The van der Waals surface area contributed by atoms with Crippen molar-refractivity contribution in [2.75, 3.05) is 6.54 Å². The van der Waals surface area contributed by atoms with E-state index in [4.69, 9.17) is 0 Å². The minimum absolute atomic E-state index is 0.0104. The molecule has 0 radical (unpaired) electrons. The summed E-state index contributed by atoms with van der Waals surface area (Å²) >= 11 is 0. The van der Waals surface area contributed by atoms with E-state index < -0.39 is 12.1 Å². The summed E-state index contributed by atoms with van der Waals surface area (Å²) in [6, 6.07) is 0.877. The molecular weight excluding hydrogens is 292 g/mol. The van der Waals surface area contributed by atoms with Crippen molar-refractivity contribution >= 4 is 5.91 Å². The van der Waals surface area contributed by atoms with Crippen LogP contribution in [-0.4, -0.2) is 37.3 Å². The van der Waals surface area contributed by atoms with Crippen molar-refractivity contribution < 1.29 is 13.6 Å². The zero-order valence-corrected chi connectivity index (χ0v) is 11.7. The standard InChI is InChI=1S/C14H15F2N5O/c15-12(16)9-7-10(20-8-19-9)14(22)21-6-2-1-3-11(21)13-17-4-5-18-13/h4-5,7-8,11-12H,1-3,6H2,(H,17,18). The number of aromatic nitrogens is 4. The highest BCUT2D eigenvalue weighted by molar-refractivity contribution is 5.92. The summed E-state index contributed by atoms with van der Waals surface area (Å²) < 4.78 is 25.4. The van der Waals surface area contributed by atoms with E-state index in [-0.39, 0.29) is 17.6 Å². The average Bonchev–Trinajstić information content (AvgIpc) is 3.08. The monoisotopic (exact) mass is 307 g/mol. The Morgan fingerprint density at radius 3 is 2.91 bits per heavy atom. The Hall–Kier alpha value is -2.38. The minimum Gasteiger partial charge on any atom is -0.347 e. The Bertz CT molecular complexity index is 646. The van der Waals surface area contributed by atoms with Crippen LogP contribution in [0.3, 0.4) is 0 Å². The molecule has 1 N–H and O–H groups in total. The molecule has 3 heterocycles. The van der Waals surface area contributed by atoms with Crippen LogP contribution in [0.25, 0.3) is 0 Å². The Balaban J connectivity index is 1.87. The van der Waals surface area contributed by atoms with Crippen LogP contribution in [0.5, 0.6) is 0 Å². The van der Waals surface area contributed by atoms with E-state index in [9.17, 15) is 13.6 Å². The topological polar surface area (TPSA) is 74.8 Å². The zero-order chi connectivity index (χ0) is 15.5. The van der Waals surface area contributed by atoms with Crippen LogP contribution in [0.15, 0.2) is 24.8 Å². The molecule has 0 spiro atoms. The number of amides is 1. The summed E-state index contributed by atoms with van der Waals surface area (Å²) in [5.74, 6) is 0.335. The summed E-state index contributed by atoms with van der Waals surface area (Å²) in [6.45, 7) is 0.554. The van der Waals surface area contributed by atoms with Gasteiger partial charge in [0, 0.05) is 18.9 Å². The Morgan fingerprint density at radius 1 is 1.32 bits per heavy atom. The van der Waals surface area contributed by atoms with Crippen molar-refractivity contribution in [3.63, 3.8) is 0 Å². The molecule has 0 aromatic carbocycles. The number of nitrogens with one attached hydrogen (secondary N) is 1. The number of carbonyl (C=O) groups excluding carboxylic acids is 1. The third-order valence-corrected chi connectivity index (χ3v) is 3.73. The van der Waals surface area contributed by atoms with Crippen molar-refractivity contribution in [3.8, 4) is 0 Å². The fourth-order valence-corrected chi connectivity index (χ4v) is 2.67. The van der Waals surface area contributed by atoms with Gasteiger partial charge in [0.15, 0.2) is 0 Å². The predicted octanol–water partition coefficient (Wildman–Crippen LogP) is 2.50. The number of alkyl halides is 2. The van der Waals surface area contributed by atoms with Crippen molar-refractivity contribution in [2.45, 2.75) is 31.7 Å². The van der Waals surface area contributed by atoms with E-state index in [0.29, 0.717) is 12.4 Å². The number of imidazole rings is 1. The van der Waals surface area contributed by atoms with Crippen molar-refractivity contribution in [1.29, 1.82) is 0 Å². The molecule has 1 aliphatic heterocycles. The molecule has 1 atom stereocenters. The number of hydrogen-bond acceptors (Lipinski definition) is 4. The maximum Gasteiger partial charge on any atom is 0.280 e. The molecule has 3 rings (SSSR count). The molecule has 0 bridgehead atoms. The number of likely N-dealkylation sites (tertiary alicyclic amines) is 1. The molecule has 1 aliphatic rings. The number of H-pyrrole nitrogens is 1. The third-order valence-electron chi connectivity index (χ3n) is 3.73. The van der Waals surface area contributed by atoms with E-state index >= 15 is 0 Å². The first kappa shape index (κ1) is 14.6. The van der Waals surface area contributed by atoms with Crippen molar-refractivity contribution in [1.82, 2.24) is 24.8 Å². The van der Waals surface area contributed by atoms with Crippen LogP contribution in [0.4, 0.5) is 8.78 Å². The number of aromatic amines is 1. The first-order chi connectivity index (χ1) is 10.7. The predicted molar refractivity (Wildman–Crippen MR) is 73.2 cm³/mol. The van der Waals surface area contributed by atoms with Gasteiger partial charge in [0.1, 0.15) is 23.5 Å². The Morgan fingerprint density at radius 2 is 2.18 bits per heavy atom. The molecule has 1 fully saturated rings. The van der Waals surface area contributed by atoms with Crippen molar-refractivity contribution in [3.05, 3.63) is 42.0 Å². The molecule has 6 nitrogen and oxygen atoms in total. The van der Waals surface area contributed by atoms with Crippen LogP contribution in [0.1, 0.15) is 53.7 Å². The highest BCUT2D eigenvalue weighted by atomic mass is 19.3. The van der Waals surface area contributed by atoms with Gasteiger partial charge in [0.2, 0.25) is 0 Å². The third kappa shape index (κ3) is 2.81. The van der Waals surface area contributed by atoms with Gasteiger partial charge in [-0.1, -0.05) is 0 Å². The number of halogens is 2. The number of hydrogen-bond donors (Lipinski definition) is 1. The first-order valence-electron chi connectivity index (χ1n) is 7.07. The van der Waals surface area contributed by atoms with Gasteiger partial charge in [-0.25, -0.2) is 23.7 Å². The quantitative estimate of drug-likeness (QED) is 0.945. The summed E-state index contributed by atoms with van der Waals surface area (Å²) in [4.78, 5) is 28.8. The molecule has 2 aromatic rings. The lowest BCUT2D eigenvalue weighted by molar-refractivity contribution is 0.0594. The fourth-order valence-electron chi connectivity index (χ4n) is 2.67. The second kappa shape index (κ2) is 6.17. The van der Waals surface area contributed by atoms with Gasteiger partial charge >= 0.3 is 0 Å². The van der Waals surface area contributed by atoms with Crippen LogP contribution in [-0.2, 0) is 0 Å². The molecule has 116 valence electrons. The summed E-state index contributed by atoms with van der Waals surface area (Å²) in [5, 5.41) is 0. The minimum atomic E-state index is -2.73. The molecule has 0 aliphatic carbocycles. The molecule has 8 heteroatoms. The molecule has 2 aromatic heterocycles. The molecule has 1 unspecified atom stereocenters. The number of nitrogens with zero attached hydrogens (tertiary/aromatic N) is 4. The van der Waals surface area contributed by atoms with Gasteiger partial charge < -0.3 is 9.88 Å². The number of rotatable bonds is 3. The first-order valence-corrected chi connectivity index (χ1v) is 7.07. The van der Waals surface area contributed by atoms with Crippen LogP contribution >= 0.6 is 0 Å². The summed E-state index contributed by atoms with van der Waals surface area (Å²) in [7, 11) is 0. The Labute approximate surface area is 125 Å². The van der Waals surface area contributed by atoms with E-state index in [1.54, 1.807) is 17.3 Å². The fraction of sp³-hybridized carbons (Fsp3) is 0.429. The maximum absolute atomic E-state index is 12.7. The van der Waals surface area contributed by atoms with Gasteiger partial charge in [-0.2, -0.15) is 0 Å². The summed E-state index contributed by atoms with van der Waals surface area (Å²) in [6.07, 6.45) is 4.25.